The fourth-order valence-corrected chi connectivity index (χ4v) is 4.10. The third kappa shape index (κ3) is 3.91. The summed E-state index contributed by atoms with van der Waals surface area (Å²) in [5.41, 5.74) is 3.84. The van der Waals surface area contributed by atoms with E-state index in [0.29, 0.717) is 6.04 Å². The van der Waals surface area contributed by atoms with Crippen LogP contribution in [0.5, 0.6) is 11.5 Å². The van der Waals surface area contributed by atoms with E-state index in [9.17, 15) is 4.39 Å². The molecule has 1 aromatic heterocycles. The molecule has 5 rings (SSSR count). The van der Waals surface area contributed by atoms with Gasteiger partial charge in [0.25, 0.3) is 0 Å². The monoisotopic (exact) mass is 394 g/mol. The number of benzene rings is 2. The fourth-order valence-electron chi connectivity index (χ4n) is 4.10. The van der Waals surface area contributed by atoms with Gasteiger partial charge in [-0.1, -0.05) is 12.1 Å². The summed E-state index contributed by atoms with van der Waals surface area (Å²) in [7, 11) is 0. The maximum atomic E-state index is 13.6. The van der Waals surface area contributed by atoms with Gasteiger partial charge in [-0.2, -0.15) is 5.10 Å². The lowest BCUT2D eigenvalue weighted by atomic mass is 10.0. The van der Waals surface area contributed by atoms with Gasteiger partial charge >= 0.3 is 0 Å². The van der Waals surface area contributed by atoms with Crippen LogP contribution in [0.15, 0.2) is 48.7 Å². The summed E-state index contributed by atoms with van der Waals surface area (Å²) < 4.78 is 24.5. The number of likely N-dealkylation sites (tertiary alicyclic amines) is 1. The van der Waals surface area contributed by atoms with Gasteiger partial charge in [-0.3, -0.25) is 10.00 Å². The molecule has 2 aromatic carbocycles. The molecule has 1 unspecified atom stereocenters. The number of anilines is 1. The van der Waals surface area contributed by atoms with Crippen LogP contribution in [-0.2, 0) is 6.54 Å². The molecular weight excluding hydrogens is 371 g/mol. The molecule has 0 radical (unpaired) electrons. The zero-order valence-corrected chi connectivity index (χ0v) is 16.0. The number of fused-ring (bicyclic) bond motifs is 1. The Bertz CT molecular complexity index is 1010. The molecule has 1 atom stereocenters. The highest BCUT2D eigenvalue weighted by Gasteiger charge is 2.22. The topological polar surface area (TPSA) is 62.4 Å². The summed E-state index contributed by atoms with van der Waals surface area (Å²) in [6.07, 6.45) is 4.08. The van der Waals surface area contributed by atoms with Gasteiger partial charge in [0.15, 0.2) is 11.5 Å². The molecule has 6 nitrogen and oxygen atoms in total. The molecule has 0 saturated carbocycles. The molecule has 0 amide bonds. The summed E-state index contributed by atoms with van der Waals surface area (Å²) in [5, 5.41) is 10.9. The van der Waals surface area contributed by atoms with Crippen molar-refractivity contribution in [2.45, 2.75) is 25.4 Å². The van der Waals surface area contributed by atoms with Crippen LogP contribution < -0.4 is 14.8 Å². The third-order valence-electron chi connectivity index (χ3n) is 5.47. The predicted molar refractivity (Wildman–Crippen MR) is 108 cm³/mol. The van der Waals surface area contributed by atoms with Gasteiger partial charge in [0, 0.05) is 42.0 Å². The standard InChI is InChI=1S/C22H23FN4O2/c23-17-4-1-3-15(9-17)22-16(11-24-26-22)12-27-8-2-5-19(13-27)25-18-6-7-20-21(10-18)29-14-28-20/h1,3-4,6-7,9-11,19,25H,2,5,8,12-14H2,(H,24,26). The lowest BCUT2D eigenvalue weighted by Crippen LogP contribution is -2.41. The third-order valence-corrected chi connectivity index (χ3v) is 5.47. The minimum absolute atomic E-state index is 0.242. The number of aromatic amines is 1. The molecule has 2 N–H and O–H groups in total. The van der Waals surface area contributed by atoms with Crippen LogP contribution in [0.1, 0.15) is 18.4 Å². The number of nitrogens with one attached hydrogen (secondary N) is 2. The summed E-state index contributed by atoms with van der Waals surface area (Å²) in [6, 6.07) is 13.0. The minimum atomic E-state index is -0.242. The SMILES string of the molecule is Fc1cccc(-c2[nH]ncc2CN2CCCC(Nc3ccc4c(c3)OCO4)C2)c1. The Hall–Kier alpha value is -3.06. The number of nitrogens with zero attached hydrogens (tertiary/aromatic N) is 2. The lowest BCUT2D eigenvalue weighted by Gasteiger charge is -2.33. The lowest BCUT2D eigenvalue weighted by molar-refractivity contribution is 0.174. The van der Waals surface area contributed by atoms with Crippen molar-refractivity contribution in [2.75, 3.05) is 25.2 Å². The van der Waals surface area contributed by atoms with Crippen LogP contribution in [0.4, 0.5) is 10.1 Å². The first kappa shape index (κ1) is 18.0. The van der Waals surface area contributed by atoms with Gasteiger partial charge in [0.1, 0.15) is 5.82 Å². The summed E-state index contributed by atoms with van der Waals surface area (Å²) in [4.78, 5) is 2.42. The Kier molecular flexibility index (Phi) is 4.81. The average molecular weight is 394 g/mol. The molecule has 2 aliphatic heterocycles. The highest BCUT2D eigenvalue weighted by molar-refractivity contribution is 5.62. The second kappa shape index (κ2) is 7.75. The summed E-state index contributed by atoms with van der Waals surface area (Å²) >= 11 is 0. The van der Waals surface area contributed by atoms with Crippen LogP contribution in [0.2, 0.25) is 0 Å². The second-order valence-corrected chi connectivity index (χ2v) is 7.57. The van der Waals surface area contributed by atoms with E-state index >= 15 is 0 Å². The molecule has 3 heterocycles. The molecule has 3 aromatic rings. The Morgan fingerprint density at radius 2 is 2.10 bits per heavy atom. The fraction of sp³-hybridized carbons (Fsp3) is 0.318. The van der Waals surface area contributed by atoms with Crippen molar-refractivity contribution >= 4 is 5.69 Å². The molecule has 29 heavy (non-hydrogen) atoms. The van der Waals surface area contributed by atoms with Crippen molar-refractivity contribution in [3.05, 3.63) is 60.0 Å². The van der Waals surface area contributed by atoms with E-state index in [4.69, 9.17) is 9.47 Å². The first-order valence-electron chi connectivity index (χ1n) is 9.91. The maximum absolute atomic E-state index is 13.6. The number of ether oxygens (including phenoxy) is 2. The number of aromatic nitrogens is 2. The van der Waals surface area contributed by atoms with E-state index in [1.165, 1.54) is 12.1 Å². The molecule has 0 bridgehead atoms. The van der Waals surface area contributed by atoms with Crippen LogP contribution in [0, 0.1) is 5.82 Å². The Morgan fingerprint density at radius 3 is 3.03 bits per heavy atom. The molecule has 0 spiro atoms. The van der Waals surface area contributed by atoms with E-state index in [-0.39, 0.29) is 12.6 Å². The number of hydrogen-bond donors (Lipinski definition) is 2. The van der Waals surface area contributed by atoms with Gasteiger partial charge < -0.3 is 14.8 Å². The van der Waals surface area contributed by atoms with Crippen LogP contribution >= 0.6 is 0 Å². The second-order valence-electron chi connectivity index (χ2n) is 7.57. The van der Waals surface area contributed by atoms with Gasteiger partial charge in [-0.05, 0) is 43.7 Å². The van der Waals surface area contributed by atoms with Gasteiger partial charge in [0.2, 0.25) is 6.79 Å². The number of hydrogen-bond acceptors (Lipinski definition) is 5. The zero-order valence-electron chi connectivity index (χ0n) is 16.0. The summed E-state index contributed by atoms with van der Waals surface area (Å²) in [5.74, 6) is 1.35. The minimum Gasteiger partial charge on any atom is -0.454 e. The van der Waals surface area contributed by atoms with Crippen LogP contribution in [-0.4, -0.2) is 41.0 Å². The highest BCUT2D eigenvalue weighted by Crippen LogP contribution is 2.34. The Morgan fingerprint density at radius 1 is 1.17 bits per heavy atom. The first-order chi connectivity index (χ1) is 14.2. The van der Waals surface area contributed by atoms with E-state index in [0.717, 1.165) is 66.5 Å². The largest absolute Gasteiger partial charge is 0.454 e. The zero-order chi connectivity index (χ0) is 19.6. The van der Waals surface area contributed by atoms with Crippen LogP contribution in [0.3, 0.4) is 0 Å². The molecule has 1 fully saturated rings. The van der Waals surface area contributed by atoms with Crippen molar-refractivity contribution < 1.29 is 13.9 Å². The molecule has 0 aliphatic carbocycles. The quantitative estimate of drug-likeness (QED) is 0.684. The number of piperidine rings is 1. The molecule has 2 aliphatic rings. The van der Waals surface area contributed by atoms with Gasteiger partial charge in [0.05, 0.1) is 11.9 Å². The van der Waals surface area contributed by atoms with E-state index in [1.807, 2.05) is 30.5 Å². The maximum Gasteiger partial charge on any atom is 0.231 e. The predicted octanol–water partition coefficient (Wildman–Crippen LogP) is 4.02. The van der Waals surface area contributed by atoms with Gasteiger partial charge in [-0.15, -0.1) is 0 Å². The Labute approximate surface area is 168 Å². The van der Waals surface area contributed by atoms with Crippen molar-refractivity contribution in [1.29, 1.82) is 0 Å². The Balaban J connectivity index is 1.26. The number of rotatable bonds is 5. The number of halogens is 1. The van der Waals surface area contributed by atoms with E-state index < -0.39 is 0 Å². The molecular formula is C22H23FN4O2. The first-order valence-corrected chi connectivity index (χ1v) is 9.91. The normalized spacial score (nSPS) is 18.7. The van der Waals surface area contributed by atoms with Crippen molar-refractivity contribution in [2.24, 2.45) is 0 Å². The smallest absolute Gasteiger partial charge is 0.231 e. The van der Waals surface area contributed by atoms with E-state index in [1.54, 1.807) is 6.07 Å². The molecule has 150 valence electrons. The van der Waals surface area contributed by atoms with Crippen molar-refractivity contribution in [3.63, 3.8) is 0 Å². The van der Waals surface area contributed by atoms with Gasteiger partial charge in [-0.25, -0.2) is 4.39 Å². The van der Waals surface area contributed by atoms with Crippen molar-refractivity contribution in [1.82, 2.24) is 15.1 Å². The highest BCUT2D eigenvalue weighted by atomic mass is 19.1. The number of H-pyrrole nitrogens is 1. The van der Waals surface area contributed by atoms with E-state index in [2.05, 4.69) is 20.4 Å². The van der Waals surface area contributed by atoms with Crippen molar-refractivity contribution in [3.8, 4) is 22.8 Å². The average Bonchev–Trinajstić information content (AvgIpc) is 3.37. The summed E-state index contributed by atoms with van der Waals surface area (Å²) in [6.45, 7) is 3.03. The molecule has 1 saturated heterocycles. The van der Waals surface area contributed by atoms with Crippen LogP contribution in [0.25, 0.3) is 11.3 Å². The molecule has 7 heteroatoms.